The molecule has 2 amide bonds. The fourth-order valence-electron chi connectivity index (χ4n) is 3.84. The van der Waals surface area contributed by atoms with Gasteiger partial charge in [0.2, 0.25) is 0 Å². The van der Waals surface area contributed by atoms with Crippen molar-refractivity contribution < 1.29 is 14.6 Å². The molecule has 26 heavy (non-hydrogen) atoms. The molecule has 1 aliphatic heterocycles. The summed E-state index contributed by atoms with van der Waals surface area (Å²) < 4.78 is 0. The van der Waals surface area contributed by atoms with Crippen LogP contribution in [0.5, 0.6) is 0 Å². The van der Waals surface area contributed by atoms with Crippen molar-refractivity contribution in [2.45, 2.75) is 25.9 Å². The van der Waals surface area contributed by atoms with Crippen LogP contribution in [0.4, 0.5) is 10.5 Å². The number of quaternary nitrogens is 2. The minimum atomic E-state index is -0.137. The van der Waals surface area contributed by atoms with E-state index in [0.717, 1.165) is 18.8 Å². The van der Waals surface area contributed by atoms with E-state index in [1.165, 1.54) is 24.5 Å². The molecule has 0 aliphatic carbocycles. The molecule has 1 aromatic carbocycles. The molecule has 3 rings (SSSR count). The van der Waals surface area contributed by atoms with Crippen molar-refractivity contribution in [1.82, 2.24) is 5.32 Å². The molecule has 4 N–H and O–H groups in total. The number of thiophene rings is 1. The number of anilines is 1. The number of benzene rings is 1. The molecule has 2 atom stereocenters. The summed E-state index contributed by atoms with van der Waals surface area (Å²) in [5.74, 6) is 0. The Bertz CT molecular complexity index is 668. The van der Waals surface area contributed by atoms with Crippen molar-refractivity contribution in [1.29, 1.82) is 0 Å². The van der Waals surface area contributed by atoms with Gasteiger partial charge < -0.3 is 20.4 Å². The first kappa shape index (κ1) is 18.9. The Morgan fingerprint density at radius 3 is 2.46 bits per heavy atom. The number of carbonyl (C=O) groups is 1. The van der Waals surface area contributed by atoms with Gasteiger partial charge in [0.15, 0.2) is 0 Å². The molecule has 2 heterocycles. The van der Waals surface area contributed by atoms with E-state index in [2.05, 4.69) is 42.0 Å². The smallest absolute Gasteiger partial charge is 0.319 e. The molecular formula is C20H30N4OS+2. The molecular weight excluding hydrogens is 344 g/mol. The molecule has 0 spiro atoms. The zero-order chi connectivity index (χ0) is 18.4. The van der Waals surface area contributed by atoms with E-state index >= 15 is 0 Å². The van der Waals surface area contributed by atoms with Gasteiger partial charge in [0.05, 0.1) is 17.5 Å². The lowest BCUT2D eigenvalue weighted by Crippen LogP contribution is -3.28. The van der Waals surface area contributed by atoms with Gasteiger partial charge >= 0.3 is 6.03 Å². The lowest BCUT2D eigenvalue weighted by atomic mass is 10.0. The van der Waals surface area contributed by atoms with Crippen molar-refractivity contribution in [2.75, 3.05) is 38.0 Å². The predicted molar refractivity (Wildman–Crippen MR) is 107 cm³/mol. The van der Waals surface area contributed by atoms with Crippen LogP contribution in [0.1, 0.15) is 24.8 Å². The third-order valence-electron chi connectivity index (χ3n) is 5.28. The van der Waals surface area contributed by atoms with Gasteiger partial charge in [0.25, 0.3) is 0 Å². The second kappa shape index (κ2) is 9.16. The molecule has 0 saturated carbocycles. The van der Waals surface area contributed by atoms with E-state index in [-0.39, 0.29) is 12.1 Å². The molecule has 0 radical (unpaired) electrons. The molecule has 140 valence electrons. The summed E-state index contributed by atoms with van der Waals surface area (Å²) in [5.41, 5.74) is 0.817. The molecule has 1 aromatic heterocycles. The fourth-order valence-corrected chi connectivity index (χ4v) is 4.83. The van der Waals surface area contributed by atoms with Gasteiger partial charge in [0.1, 0.15) is 32.2 Å². The van der Waals surface area contributed by atoms with E-state index in [9.17, 15) is 4.79 Å². The Morgan fingerprint density at radius 1 is 1.12 bits per heavy atom. The largest absolute Gasteiger partial charge is 0.329 e. The zero-order valence-corrected chi connectivity index (χ0v) is 16.4. The number of rotatable bonds is 6. The highest BCUT2D eigenvalue weighted by Gasteiger charge is 2.35. The van der Waals surface area contributed by atoms with Crippen LogP contribution in [0, 0.1) is 0 Å². The van der Waals surface area contributed by atoms with Gasteiger partial charge in [-0.3, -0.25) is 0 Å². The summed E-state index contributed by atoms with van der Waals surface area (Å²) >= 11 is 1.79. The normalized spacial score (nSPS) is 22.4. The number of amides is 2. The second-order valence-corrected chi connectivity index (χ2v) is 7.99. The Kier molecular flexibility index (Phi) is 6.66. The van der Waals surface area contributed by atoms with Crippen LogP contribution >= 0.6 is 11.3 Å². The number of hydrogen-bond acceptors (Lipinski definition) is 2. The van der Waals surface area contributed by atoms with Gasteiger partial charge in [-0.1, -0.05) is 24.3 Å². The Morgan fingerprint density at radius 2 is 1.85 bits per heavy atom. The van der Waals surface area contributed by atoms with Crippen LogP contribution < -0.4 is 20.4 Å². The van der Waals surface area contributed by atoms with Crippen LogP contribution in [-0.2, 0) is 0 Å². The number of piperazine rings is 1. The maximum Gasteiger partial charge on any atom is 0.319 e. The van der Waals surface area contributed by atoms with Crippen molar-refractivity contribution in [3.05, 3.63) is 52.7 Å². The van der Waals surface area contributed by atoms with Crippen LogP contribution in [0.15, 0.2) is 47.8 Å². The van der Waals surface area contributed by atoms with E-state index < -0.39 is 0 Å². The molecule has 2 aromatic rings. The van der Waals surface area contributed by atoms with Gasteiger partial charge in [-0.25, -0.2) is 4.79 Å². The lowest BCUT2D eigenvalue weighted by Gasteiger charge is -2.36. The molecule has 1 aliphatic rings. The molecule has 0 unspecified atom stereocenters. The van der Waals surface area contributed by atoms with Gasteiger partial charge in [0, 0.05) is 5.69 Å². The van der Waals surface area contributed by atoms with Crippen molar-refractivity contribution >= 4 is 23.1 Å². The zero-order valence-electron chi connectivity index (χ0n) is 15.6. The molecule has 1 saturated heterocycles. The van der Waals surface area contributed by atoms with Crippen molar-refractivity contribution in [3.63, 3.8) is 0 Å². The van der Waals surface area contributed by atoms with Crippen LogP contribution in [0.3, 0.4) is 0 Å². The Balaban J connectivity index is 1.65. The topological polar surface area (TPSA) is 50.0 Å². The van der Waals surface area contributed by atoms with Gasteiger partial charge in [-0.15, -0.1) is 11.3 Å². The highest BCUT2D eigenvalue weighted by Crippen LogP contribution is 2.20. The Hall–Kier alpha value is -1.89. The quantitative estimate of drug-likeness (QED) is 0.594. The number of para-hydroxylation sites is 1. The maximum atomic E-state index is 12.4. The van der Waals surface area contributed by atoms with E-state index in [0.29, 0.717) is 6.04 Å². The third-order valence-corrected chi connectivity index (χ3v) is 6.23. The summed E-state index contributed by atoms with van der Waals surface area (Å²) in [4.78, 5) is 17.1. The van der Waals surface area contributed by atoms with Gasteiger partial charge in [-0.05, 0) is 37.4 Å². The van der Waals surface area contributed by atoms with Crippen molar-refractivity contribution in [3.8, 4) is 0 Å². The Labute approximate surface area is 160 Å². The maximum absolute atomic E-state index is 12.4. The van der Waals surface area contributed by atoms with Crippen LogP contribution in [0.25, 0.3) is 0 Å². The average molecular weight is 375 g/mol. The van der Waals surface area contributed by atoms with Gasteiger partial charge in [-0.2, -0.15) is 0 Å². The summed E-state index contributed by atoms with van der Waals surface area (Å²) in [5, 5.41) is 8.23. The monoisotopic (exact) mass is 374 g/mol. The minimum Gasteiger partial charge on any atom is -0.329 e. The SMILES string of the molecule is CC[NH+]1CC[NH+]([C@@H](c2cccs2)[C@H](C)NC(=O)Nc2ccccc2)CC1. The average Bonchev–Trinajstić information content (AvgIpc) is 3.17. The lowest BCUT2D eigenvalue weighted by molar-refractivity contribution is -1.03. The first-order valence-corrected chi connectivity index (χ1v) is 10.4. The number of hydrogen-bond donors (Lipinski definition) is 4. The van der Waals surface area contributed by atoms with Crippen LogP contribution in [0.2, 0.25) is 0 Å². The number of urea groups is 1. The summed E-state index contributed by atoms with van der Waals surface area (Å²) in [7, 11) is 0. The second-order valence-electron chi connectivity index (χ2n) is 7.01. The van der Waals surface area contributed by atoms with Crippen molar-refractivity contribution in [2.24, 2.45) is 0 Å². The predicted octanol–water partition coefficient (Wildman–Crippen LogP) is 0.803. The third kappa shape index (κ3) is 4.84. The highest BCUT2D eigenvalue weighted by atomic mass is 32.1. The summed E-state index contributed by atoms with van der Waals surface area (Å²) in [6.45, 7) is 10.3. The van der Waals surface area contributed by atoms with Crippen LogP contribution in [-0.4, -0.2) is 44.8 Å². The standard InChI is InChI=1S/C20H28N4OS/c1-3-23-11-13-24(14-12-23)19(18-10-7-15-26-18)16(2)21-20(25)22-17-8-5-4-6-9-17/h4-10,15-16,19H,3,11-14H2,1-2H3,(H2,21,22,25)/p+2/t16-,19+/m0/s1. The molecule has 1 fully saturated rings. The molecule has 0 bridgehead atoms. The number of nitrogens with one attached hydrogen (secondary N) is 4. The minimum absolute atomic E-state index is 0.0653. The number of carbonyl (C=O) groups excluding carboxylic acids is 1. The summed E-state index contributed by atoms with van der Waals surface area (Å²) in [6.07, 6.45) is 0. The molecule has 5 nitrogen and oxygen atoms in total. The van der Waals surface area contributed by atoms with E-state index in [1.54, 1.807) is 21.1 Å². The fraction of sp³-hybridized carbons (Fsp3) is 0.450. The number of likely N-dealkylation sites (N-methyl/N-ethyl adjacent to an activating group) is 1. The highest BCUT2D eigenvalue weighted by molar-refractivity contribution is 7.10. The molecule has 6 heteroatoms. The van der Waals surface area contributed by atoms with E-state index in [1.807, 2.05) is 30.3 Å². The summed E-state index contributed by atoms with van der Waals surface area (Å²) in [6, 6.07) is 14.1. The first-order valence-electron chi connectivity index (χ1n) is 9.51. The van der Waals surface area contributed by atoms with E-state index in [4.69, 9.17) is 0 Å². The first-order chi connectivity index (χ1) is 12.7.